The molecule has 2 amide bonds. The van der Waals surface area contributed by atoms with Gasteiger partial charge in [-0.15, -0.1) is 0 Å². The summed E-state index contributed by atoms with van der Waals surface area (Å²) in [5.41, 5.74) is 0.0968. The Morgan fingerprint density at radius 2 is 1.82 bits per heavy atom. The maximum Gasteiger partial charge on any atom is 0.251 e. The molecule has 2 rings (SSSR count). The van der Waals surface area contributed by atoms with E-state index < -0.39 is 17.5 Å². The standard InChI is InChI=1S/C16H20F2N2O2/c1-10(2)16(22)20-7-5-12(6-8-20)19-15(21)11-3-4-13(17)14(18)9-11/h3-4,9-10,12H,5-8H2,1-2H3,(H,19,21). The highest BCUT2D eigenvalue weighted by atomic mass is 19.2. The van der Waals surface area contributed by atoms with Gasteiger partial charge in [-0.25, -0.2) is 8.78 Å². The maximum atomic E-state index is 13.1. The van der Waals surface area contributed by atoms with Crippen LogP contribution in [-0.2, 0) is 4.79 Å². The summed E-state index contributed by atoms with van der Waals surface area (Å²) >= 11 is 0. The number of hydrogen-bond donors (Lipinski definition) is 1. The van der Waals surface area contributed by atoms with Crippen molar-refractivity contribution in [3.05, 3.63) is 35.4 Å². The average Bonchev–Trinajstić information content (AvgIpc) is 2.50. The minimum atomic E-state index is -1.04. The molecule has 1 aromatic carbocycles. The molecule has 0 aromatic heterocycles. The predicted octanol–water partition coefficient (Wildman–Crippen LogP) is 2.34. The lowest BCUT2D eigenvalue weighted by Gasteiger charge is -2.33. The fourth-order valence-electron chi connectivity index (χ4n) is 2.52. The minimum absolute atomic E-state index is 0.0340. The van der Waals surface area contributed by atoms with E-state index >= 15 is 0 Å². The quantitative estimate of drug-likeness (QED) is 0.931. The first-order valence-corrected chi connectivity index (χ1v) is 7.43. The largest absolute Gasteiger partial charge is 0.349 e. The summed E-state index contributed by atoms with van der Waals surface area (Å²) in [6.45, 7) is 4.91. The molecule has 0 aliphatic carbocycles. The number of piperidine rings is 1. The van der Waals surface area contributed by atoms with Crippen LogP contribution in [0, 0.1) is 17.6 Å². The monoisotopic (exact) mass is 310 g/mol. The van der Waals surface area contributed by atoms with Crippen LogP contribution >= 0.6 is 0 Å². The number of nitrogens with one attached hydrogen (secondary N) is 1. The summed E-state index contributed by atoms with van der Waals surface area (Å²) < 4.78 is 26.0. The molecule has 22 heavy (non-hydrogen) atoms. The normalized spacial score (nSPS) is 16.0. The molecule has 0 spiro atoms. The summed E-state index contributed by atoms with van der Waals surface area (Å²) in [6.07, 6.45) is 1.32. The first-order valence-electron chi connectivity index (χ1n) is 7.43. The summed E-state index contributed by atoms with van der Waals surface area (Å²) in [5, 5.41) is 2.80. The third kappa shape index (κ3) is 3.81. The summed E-state index contributed by atoms with van der Waals surface area (Å²) in [4.78, 5) is 25.7. The first kappa shape index (κ1) is 16.4. The van der Waals surface area contributed by atoms with E-state index in [0.717, 1.165) is 12.1 Å². The minimum Gasteiger partial charge on any atom is -0.349 e. The molecule has 1 fully saturated rings. The van der Waals surface area contributed by atoms with E-state index in [2.05, 4.69) is 5.32 Å². The van der Waals surface area contributed by atoms with Crippen molar-refractivity contribution in [1.29, 1.82) is 0 Å². The van der Waals surface area contributed by atoms with E-state index in [0.29, 0.717) is 25.9 Å². The number of carbonyl (C=O) groups excluding carboxylic acids is 2. The fourth-order valence-corrected chi connectivity index (χ4v) is 2.52. The molecule has 0 radical (unpaired) electrons. The van der Waals surface area contributed by atoms with Crippen LogP contribution < -0.4 is 5.32 Å². The Morgan fingerprint density at radius 3 is 2.36 bits per heavy atom. The van der Waals surface area contributed by atoms with Gasteiger partial charge in [-0.05, 0) is 31.0 Å². The first-order chi connectivity index (χ1) is 10.4. The molecule has 1 aliphatic rings. The Labute approximate surface area is 128 Å². The molecule has 4 nitrogen and oxygen atoms in total. The number of amides is 2. The Balaban J connectivity index is 1.89. The Hall–Kier alpha value is -1.98. The van der Waals surface area contributed by atoms with Crippen LogP contribution in [0.3, 0.4) is 0 Å². The zero-order valence-corrected chi connectivity index (χ0v) is 12.7. The van der Waals surface area contributed by atoms with E-state index in [-0.39, 0.29) is 23.4 Å². The summed E-state index contributed by atoms with van der Waals surface area (Å²) in [6, 6.07) is 3.03. The van der Waals surface area contributed by atoms with Crippen molar-refractivity contribution in [2.45, 2.75) is 32.7 Å². The summed E-state index contributed by atoms with van der Waals surface area (Å²) in [5.74, 6) is -2.35. The van der Waals surface area contributed by atoms with Crippen LogP contribution in [0.4, 0.5) is 8.78 Å². The Kier molecular flexibility index (Phi) is 5.11. The van der Waals surface area contributed by atoms with E-state index in [1.54, 1.807) is 4.90 Å². The third-order valence-electron chi connectivity index (χ3n) is 3.82. The lowest BCUT2D eigenvalue weighted by molar-refractivity contribution is -0.135. The van der Waals surface area contributed by atoms with Gasteiger partial charge >= 0.3 is 0 Å². The molecule has 120 valence electrons. The molecule has 6 heteroatoms. The van der Waals surface area contributed by atoms with Gasteiger partial charge in [-0.1, -0.05) is 13.8 Å². The summed E-state index contributed by atoms with van der Waals surface area (Å²) in [7, 11) is 0. The number of halogens is 2. The van der Waals surface area contributed by atoms with Gasteiger partial charge in [0.2, 0.25) is 5.91 Å². The van der Waals surface area contributed by atoms with Gasteiger partial charge in [0.1, 0.15) is 0 Å². The van der Waals surface area contributed by atoms with Crippen LogP contribution in [0.25, 0.3) is 0 Å². The van der Waals surface area contributed by atoms with Gasteiger partial charge in [-0.3, -0.25) is 9.59 Å². The molecular formula is C16H20F2N2O2. The van der Waals surface area contributed by atoms with Crippen LogP contribution in [0.15, 0.2) is 18.2 Å². The van der Waals surface area contributed by atoms with E-state index in [1.165, 1.54) is 6.07 Å². The number of rotatable bonds is 3. The smallest absolute Gasteiger partial charge is 0.251 e. The predicted molar refractivity (Wildman–Crippen MR) is 78.3 cm³/mol. The zero-order chi connectivity index (χ0) is 16.3. The van der Waals surface area contributed by atoms with Crippen molar-refractivity contribution in [2.24, 2.45) is 5.92 Å². The molecular weight excluding hydrogens is 290 g/mol. The van der Waals surface area contributed by atoms with Crippen LogP contribution in [-0.4, -0.2) is 35.8 Å². The van der Waals surface area contributed by atoms with E-state index in [1.807, 2.05) is 13.8 Å². The Morgan fingerprint density at radius 1 is 1.18 bits per heavy atom. The maximum absolute atomic E-state index is 13.1. The number of benzene rings is 1. The highest BCUT2D eigenvalue weighted by Crippen LogP contribution is 2.15. The van der Waals surface area contributed by atoms with Gasteiger partial charge in [0, 0.05) is 30.6 Å². The molecule has 0 bridgehead atoms. The molecule has 0 atom stereocenters. The zero-order valence-electron chi connectivity index (χ0n) is 12.7. The second kappa shape index (κ2) is 6.85. The SMILES string of the molecule is CC(C)C(=O)N1CCC(NC(=O)c2ccc(F)c(F)c2)CC1. The average molecular weight is 310 g/mol. The topological polar surface area (TPSA) is 49.4 Å². The molecule has 1 aliphatic heterocycles. The Bertz CT molecular complexity index is 567. The molecule has 1 N–H and O–H groups in total. The fraction of sp³-hybridized carbons (Fsp3) is 0.500. The van der Waals surface area contributed by atoms with E-state index in [4.69, 9.17) is 0 Å². The number of likely N-dealkylation sites (tertiary alicyclic amines) is 1. The molecule has 0 saturated carbocycles. The van der Waals surface area contributed by atoms with Gasteiger partial charge < -0.3 is 10.2 Å². The van der Waals surface area contributed by atoms with Crippen molar-refractivity contribution < 1.29 is 18.4 Å². The molecule has 1 heterocycles. The lowest BCUT2D eigenvalue weighted by atomic mass is 10.0. The van der Waals surface area contributed by atoms with Gasteiger partial charge in [0.25, 0.3) is 5.91 Å². The van der Waals surface area contributed by atoms with E-state index in [9.17, 15) is 18.4 Å². The highest BCUT2D eigenvalue weighted by molar-refractivity contribution is 5.94. The van der Waals surface area contributed by atoms with Crippen LogP contribution in [0.5, 0.6) is 0 Å². The molecule has 1 aromatic rings. The van der Waals surface area contributed by atoms with Crippen LogP contribution in [0.2, 0.25) is 0 Å². The lowest BCUT2D eigenvalue weighted by Crippen LogP contribution is -2.47. The van der Waals surface area contributed by atoms with Crippen molar-refractivity contribution in [3.8, 4) is 0 Å². The van der Waals surface area contributed by atoms with Crippen molar-refractivity contribution in [2.75, 3.05) is 13.1 Å². The van der Waals surface area contributed by atoms with Gasteiger partial charge in [0.15, 0.2) is 11.6 Å². The second-order valence-corrected chi connectivity index (χ2v) is 5.86. The van der Waals surface area contributed by atoms with Crippen molar-refractivity contribution in [1.82, 2.24) is 10.2 Å². The number of hydrogen-bond acceptors (Lipinski definition) is 2. The van der Waals surface area contributed by atoms with Crippen LogP contribution in [0.1, 0.15) is 37.0 Å². The second-order valence-electron chi connectivity index (χ2n) is 5.86. The third-order valence-corrected chi connectivity index (χ3v) is 3.82. The van der Waals surface area contributed by atoms with Gasteiger partial charge in [0.05, 0.1) is 0 Å². The highest BCUT2D eigenvalue weighted by Gasteiger charge is 2.25. The van der Waals surface area contributed by atoms with Gasteiger partial charge in [-0.2, -0.15) is 0 Å². The molecule has 1 saturated heterocycles. The van der Waals surface area contributed by atoms with Crippen molar-refractivity contribution in [3.63, 3.8) is 0 Å². The number of carbonyl (C=O) groups is 2. The number of nitrogens with zero attached hydrogens (tertiary/aromatic N) is 1. The molecule has 0 unspecified atom stereocenters. The van der Waals surface area contributed by atoms with Crippen molar-refractivity contribution >= 4 is 11.8 Å².